The molecule has 6 nitrogen and oxygen atoms in total. The van der Waals surface area contributed by atoms with Gasteiger partial charge in [0.25, 0.3) is 5.91 Å². The average Bonchev–Trinajstić information content (AvgIpc) is 3.53. The molecule has 0 bridgehead atoms. The first-order valence-corrected chi connectivity index (χ1v) is 12.6. The Morgan fingerprint density at radius 3 is 1.60 bits per heavy atom. The van der Waals surface area contributed by atoms with Crippen LogP contribution in [0.15, 0.2) is 0 Å². The molecule has 0 unspecified atom stereocenters. The summed E-state index contributed by atoms with van der Waals surface area (Å²) in [6, 6.07) is 0. The monoisotopic (exact) mass is 426 g/mol. The van der Waals surface area contributed by atoms with Crippen LogP contribution in [0.5, 0.6) is 0 Å². The highest BCUT2D eigenvalue weighted by Crippen LogP contribution is 2.35. The molecule has 176 valence electrons. The van der Waals surface area contributed by atoms with Gasteiger partial charge in [0.15, 0.2) is 0 Å². The van der Waals surface area contributed by atoms with E-state index in [1.807, 2.05) is 0 Å². The standard InChI is InChI=1S/C24H46N2O4/c1-3-5-7-9-11-13-15-20-25-22(27)18-17-19-24(29-30-24)23(28)26-21-16-14-12-10-8-6-4-2/h3-21H2,1-2H3,(H,25,27)(H,26,28). The summed E-state index contributed by atoms with van der Waals surface area (Å²) in [6.45, 7) is 5.84. The third-order valence-electron chi connectivity index (χ3n) is 5.71. The van der Waals surface area contributed by atoms with E-state index in [4.69, 9.17) is 9.78 Å². The lowest BCUT2D eigenvalue weighted by molar-refractivity contribution is -0.128. The number of carbonyl (C=O) groups excluding carboxylic acids is 2. The van der Waals surface area contributed by atoms with Gasteiger partial charge in [-0.15, -0.1) is 0 Å². The van der Waals surface area contributed by atoms with Crippen LogP contribution in [0.3, 0.4) is 0 Å². The predicted molar refractivity (Wildman–Crippen MR) is 121 cm³/mol. The summed E-state index contributed by atoms with van der Waals surface area (Å²) in [4.78, 5) is 34.1. The smallest absolute Gasteiger partial charge is 0.310 e. The Morgan fingerprint density at radius 1 is 0.633 bits per heavy atom. The summed E-state index contributed by atoms with van der Waals surface area (Å²) in [7, 11) is 0. The molecule has 1 rings (SSSR count). The molecule has 0 aromatic rings. The molecule has 1 saturated heterocycles. The zero-order valence-corrected chi connectivity index (χ0v) is 19.6. The van der Waals surface area contributed by atoms with Crippen LogP contribution >= 0.6 is 0 Å². The predicted octanol–water partition coefficient (Wildman–Crippen LogP) is 5.55. The number of nitrogens with one attached hydrogen (secondary N) is 2. The second kappa shape index (κ2) is 17.5. The Kier molecular flexibility index (Phi) is 15.7. The van der Waals surface area contributed by atoms with Gasteiger partial charge in [-0.25, -0.2) is 0 Å². The van der Waals surface area contributed by atoms with E-state index in [2.05, 4.69) is 24.5 Å². The highest BCUT2D eigenvalue weighted by atomic mass is 17.4. The molecular weight excluding hydrogens is 380 g/mol. The molecule has 30 heavy (non-hydrogen) atoms. The highest BCUT2D eigenvalue weighted by Gasteiger charge is 2.55. The molecule has 2 N–H and O–H groups in total. The summed E-state index contributed by atoms with van der Waals surface area (Å²) >= 11 is 0. The van der Waals surface area contributed by atoms with Crippen molar-refractivity contribution in [2.75, 3.05) is 13.1 Å². The summed E-state index contributed by atoms with van der Waals surface area (Å²) in [6.07, 6.45) is 18.6. The molecule has 6 heteroatoms. The lowest BCUT2D eigenvalue weighted by Gasteiger charge is -2.09. The van der Waals surface area contributed by atoms with Gasteiger partial charge < -0.3 is 10.6 Å². The number of carbonyl (C=O) groups is 2. The van der Waals surface area contributed by atoms with Crippen molar-refractivity contribution < 1.29 is 19.4 Å². The Balaban J connectivity index is 1.97. The fourth-order valence-electron chi connectivity index (χ4n) is 3.62. The number of hydrogen-bond donors (Lipinski definition) is 2. The summed E-state index contributed by atoms with van der Waals surface area (Å²) in [5.74, 6) is -1.32. The van der Waals surface area contributed by atoms with Crippen molar-refractivity contribution in [2.45, 2.75) is 129 Å². The molecular formula is C24H46N2O4. The van der Waals surface area contributed by atoms with Gasteiger partial charge in [0.05, 0.1) is 0 Å². The van der Waals surface area contributed by atoms with Crippen LogP contribution in [0.25, 0.3) is 0 Å². The molecule has 1 heterocycles. The van der Waals surface area contributed by atoms with Crippen LogP contribution < -0.4 is 10.6 Å². The van der Waals surface area contributed by atoms with Gasteiger partial charge in [-0.1, -0.05) is 90.9 Å². The first-order chi connectivity index (χ1) is 14.6. The van der Waals surface area contributed by atoms with Crippen LogP contribution in [-0.2, 0) is 19.4 Å². The van der Waals surface area contributed by atoms with E-state index >= 15 is 0 Å². The second-order valence-corrected chi connectivity index (χ2v) is 8.62. The highest BCUT2D eigenvalue weighted by molar-refractivity contribution is 5.85. The minimum atomic E-state index is -1.15. The van der Waals surface area contributed by atoms with Crippen LogP contribution in [0.2, 0.25) is 0 Å². The van der Waals surface area contributed by atoms with E-state index in [-0.39, 0.29) is 11.8 Å². The van der Waals surface area contributed by atoms with Gasteiger partial charge in [0.2, 0.25) is 5.91 Å². The first kappa shape index (κ1) is 26.9. The lowest BCUT2D eigenvalue weighted by atomic mass is 10.1. The van der Waals surface area contributed by atoms with E-state index in [1.54, 1.807) is 0 Å². The number of rotatable bonds is 21. The number of amides is 2. The molecule has 1 fully saturated rings. The zero-order chi connectivity index (χ0) is 21.9. The van der Waals surface area contributed by atoms with Crippen molar-refractivity contribution in [3.63, 3.8) is 0 Å². The van der Waals surface area contributed by atoms with Gasteiger partial charge in [-0.05, 0) is 19.3 Å². The van der Waals surface area contributed by atoms with Crippen LogP contribution in [0.4, 0.5) is 0 Å². The molecule has 0 aliphatic carbocycles. The molecule has 1 aliphatic heterocycles. The maximum Gasteiger partial charge on any atom is 0.310 e. The first-order valence-electron chi connectivity index (χ1n) is 12.6. The quantitative estimate of drug-likeness (QED) is 0.143. The molecule has 0 spiro atoms. The van der Waals surface area contributed by atoms with E-state index in [1.165, 1.54) is 70.6 Å². The van der Waals surface area contributed by atoms with Crippen LogP contribution in [0.1, 0.15) is 123 Å². The lowest BCUT2D eigenvalue weighted by Crippen LogP contribution is -2.38. The van der Waals surface area contributed by atoms with Gasteiger partial charge >= 0.3 is 5.79 Å². The summed E-state index contributed by atoms with van der Waals surface area (Å²) in [5.41, 5.74) is 0. The molecule has 2 amide bonds. The molecule has 0 radical (unpaired) electrons. The maximum atomic E-state index is 12.3. The molecule has 0 atom stereocenters. The second-order valence-electron chi connectivity index (χ2n) is 8.62. The Morgan fingerprint density at radius 2 is 1.10 bits per heavy atom. The molecule has 0 saturated carbocycles. The SMILES string of the molecule is CCCCCCCCCNC(=O)CCCC1(C(=O)NCCCCCCCCC)OO1. The number of hydrogen-bond acceptors (Lipinski definition) is 4. The van der Waals surface area contributed by atoms with Gasteiger partial charge in [-0.3, -0.25) is 9.59 Å². The molecule has 0 aromatic carbocycles. The topological polar surface area (TPSA) is 83.3 Å². The van der Waals surface area contributed by atoms with Crippen molar-refractivity contribution in [3.8, 4) is 0 Å². The van der Waals surface area contributed by atoms with Crippen molar-refractivity contribution in [2.24, 2.45) is 0 Å². The minimum absolute atomic E-state index is 0.0419. The zero-order valence-electron chi connectivity index (χ0n) is 19.6. The fourth-order valence-corrected chi connectivity index (χ4v) is 3.62. The minimum Gasteiger partial charge on any atom is -0.356 e. The Labute approximate surface area is 184 Å². The van der Waals surface area contributed by atoms with Crippen LogP contribution in [0, 0.1) is 0 Å². The maximum absolute atomic E-state index is 12.3. The number of unbranched alkanes of at least 4 members (excludes halogenated alkanes) is 12. The van der Waals surface area contributed by atoms with E-state index in [9.17, 15) is 9.59 Å². The fraction of sp³-hybridized carbons (Fsp3) is 0.917. The largest absolute Gasteiger partial charge is 0.356 e. The van der Waals surface area contributed by atoms with Crippen molar-refractivity contribution in [1.82, 2.24) is 10.6 Å². The van der Waals surface area contributed by atoms with Crippen molar-refractivity contribution in [1.29, 1.82) is 0 Å². The van der Waals surface area contributed by atoms with Gasteiger partial charge in [-0.2, -0.15) is 9.78 Å². The Bertz CT molecular complexity index is 452. The van der Waals surface area contributed by atoms with E-state index < -0.39 is 5.79 Å². The third-order valence-corrected chi connectivity index (χ3v) is 5.71. The average molecular weight is 427 g/mol. The Hall–Kier alpha value is -1.14. The van der Waals surface area contributed by atoms with E-state index in [0.717, 1.165) is 25.8 Å². The van der Waals surface area contributed by atoms with Gasteiger partial charge in [0.1, 0.15) is 0 Å². The molecule has 0 aromatic heterocycles. The van der Waals surface area contributed by atoms with Crippen molar-refractivity contribution in [3.05, 3.63) is 0 Å². The molecule has 1 aliphatic rings. The normalized spacial score (nSPS) is 14.5. The van der Waals surface area contributed by atoms with Crippen molar-refractivity contribution >= 4 is 11.8 Å². The van der Waals surface area contributed by atoms with E-state index in [0.29, 0.717) is 25.8 Å². The summed E-state index contributed by atoms with van der Waals surface area (Å²) < 4.78 is 0. The van der Waals surface area contributed by atoms with Crippen LogP contribution in [-0.4, -0.2) is 30.7 Å². The summed E-state index contributed by atoms with van der Waals surface area (Å²) in [5, 5.41) is 5.87. The third kappa shape index (κ3) is 13.2. The van der Waals surface area contributed by atoms with Gasteiger partial charge in [0, 0.05) is 25.9 Å².